The van der Waals surface area contributed by atoms with Crippen molar-refractivity contribution in [3.8, 4) is 0 Å². The second kappa shape index (κ2) is 5.65. The van der Waals surface area contributed by atoms with Gasteiger partial charge in [-0.25, -0.2) is 0 Å². The molecule has 4 nitrogen and oxygen atoms in total. The molecule has 0 aromatic rings. The first-order valence-electron chi connectivity index (χ1n) is 6.73. The monoisotopic (exact) mass is 243 g/mol. The van der Waals surface area contributed by atoms with Crippen molar-refractivity contribution in [1.29, 1.82) is 0 Å². The van der Waals surface area contributed by atoms with Gasteiger partial charge in [-0.1, -0.05) is 6.92 Å². The fourth-order valence-corrected chi connectivity index (χ4v) is 2.51. The normalized spacial score (nSPS) is 34.1. The van der Waals surface area contributed by atoms with Crippen LogP contribution in [0, 0.1) is 5.92 Å². The molecule has 1 N–H and O–H groups in total. The van der Waals surface area contributed by atoms with Gasteiger partial charge in [-0.05, 0) is 32.6 Å². The third-order valence-electron chi connectivity index (χ3n) is 3.68. The Morgan fingerprint density at radius 3 is 2.59 bits per heavy atom. The lowest BCUT2D eigenvalue weighted by molar-refractivity contribution is -0.253. The van der Waals surface area contributed by atoms with Crippen LogP contribution < -0.4 is 5.32 Å². The Balaban J connectivity index is 1.69. The topological polar surface area (TPSA) is 39.7 Å². The summed E-state index contributed by atoms with van der Waals surface area (Å²) >= 11 is 0. The largest absolute Gasteiger partial charge is 0.378 e. The fraction of sp³-hybridized carbons (Fsp3) is 1.00. The molecule has 2 atom stereocenters. The minimum atomic E-state index is -0.416. The van der Waals surface area contributed by atoms with Crippen LogP contribution in [0.2, 0.25) is 0 Å². The Labute approximate surface area is 104 Å². The summed E-state index contributed by atoms with van der Waals surface area (Å²) in [4.78, 5) is 0. The van der Waals surface area contributed by atoms with Gasteiger partial charge < -0.3 is 19.5 Å². The van der Waals surface area contributed by atoms with Crippen molar-refractivity contribution in [2.75, 3.05) is 26.4 Å². The second-order valence-electron chi connectivity index (χ2n) is 5.49. The third-order valence-corrected chi connectivity index (χ3v) is 3.68. The lowest BCUT2D eigenvalue weighted by Crippen LogP contribution is -2.49. The molecule has 100 valence electrons. The predicted octanol–water partition coefficient (Wildman–Crippen LogP) is 1.54. The zero-order chi connectivity index (χ0) is 12.3. The standard InChI is InChI=1S/C13H25NO3/c1-4-12-10(5-6-15-12)7-14-11-8-16-13(2,3)17-9-11/h10-12,14H,4-9H2,1-3H3. The molecule has 2 rings (SSSR count). The molecule has 0 saturated carbocycles. The van der Waals surface area contributed by atoms with E-state index in [1.807, 2.05) is 13.8 Å². The molecule has 0 radical (unpaired) electrons. The van der Waals surface area contributed by atoms with Crippen LogP contribution in [0.4, 0.5) is 0 Å². The van der Waals surface area contributed by atoms with E-state index >= 15 is 0 Å². The molecule has 17 heavy (non-hydrogen) atoms. The third kappa shape index (κ3) is 3.65. The van der Waals surface area contributed by atoms with Crippen molar-refractivity contribution in [2.24, 2.45) is 5.92 Å². The summed E-state index contributed by atoms with van der Waals surface area (Å²) in [6.07, 6.45) is 2.71. The molecule has 0 aromatic carbocycles. The van der Waals surface area contributed by atoms with Crippen LogP contribution in [0.15, 0.2) is 0 Å². The van der Waals surface area contributed by atoms with Crippen LogP contribution >= 0.6 is 0 Å². The van der Waals surface area contributed by atoms with Crippen LogP contribution in [0.5, 0.6) is 0 Å². The molecule has 2 aliphatic rings. The fourth-order valence-electron chi connectivity index (χ4n) is 2.51. The van der Waals surface area contributed by atoms with E-state index in [2.05, 4.69) is 12.2 Å². The van der Waals surface area contributed by atoms with Gasteiger partial charge in [0.05, 0.1) is 25.4 Å². The molecule has 0 spiro atoms. The predicted molar refractivity (Wildman–Crippen MR) is 65.9 cm³/mol. The van der Waals surface area contributed by atoms with Crippen LogP contribution in [-0.4, -0.2) is 44.3 Å². The minimum Gasteiger partial charge on any atom is -0.378 e. The molecule has 2 saturated heterocycles. The summed E-state index contributed by atoms with van der Waals surface area (Å²) in [7, 11) is 0. The van der Waals surface area contributed by atoms with Gasteiger partial charge in [0, 0.05) is 13.2 Å². The van der Waals surface area contributed by atoms with E-state index in [4.69, 9.17) is 14.2 Å². The quantitative estimate of drug-likeness (QED) is 0.813. The summed E-state index contributed by atoms with van der Waals surface area (Å²) in [5.41, 5.74) is 0. The number of hydrogen-bond donors (Lipinski definition) is 1. The first-order chi connectivity index (χ1) is 8.11. The van der Waals surface area contributed by atoms with E-state index in [1.165, 1.54) is 6.42 Å². The van der Waals surface area contributed by atoms with Gasteiger partial charge in [0.15, 0.2) is 5.79 Å². The molecular formula is C13H25NO3. The molecule has 0 bridgehead atoms. The molecule has 2 unspecified atom stereocenters. The van der Waals surface area contributed by atoms with Gasteiger partial charge >= 0.3 is 0 Å². The van der Waals surface area contributed by atoms with E-state index in [9.17, 15) is 0 Å². The van der Waals surface area contributed by atoms with Crippen LogP contribution in [0.25, 0.3) is 0 Å². The first-order valence-corrected chi connectivity index (χ1v) is 6.73. The second-order valence-corrected chi connectivity index (χ2v) is 5.49. The molecular weight excluding hydrogens is 218 g/mol. The highest BCUT2D eigenvalue weighted by Crippen LogP contribution is 2.23. The van der Waals surface area contributed by atoms with E-state index in [1.54, 1.807) is 0 Å². The van der Waals surface area contributed by atoms with Crippen molar-refractivity contribution in [1.82, 2.24) is 5.32 Å². The van der Waals surface area contributed by atoms with Gasteiger partial charge in [0.1, 0.15) is 0 Å². The van der Waals surface area contributed by atoms with Crippen LogP contribution in [0.1, 0.15) is 33.6 Å². The van der Waals surface area contributed by atoms with E-state index in [0.717, 1.165) is 32.8 Å². The molecule has 2 heterocycles. The molecule has 0 aromatic heterocycles. The van der Waals surface area contributed by atoms with Gasteiger partial charge in [0.25, 0.3) is 0 Å². The lowest BCUT2D eigenvalue weighted by atomic mass is 9.99. The first kappa shape index (κ1) is 13.3. The minimum absolute atomic E-state index is 0.320. The van der Waals surface area contributed by atoms with Gasteiger partial charge in [0.2, 0.25) is 0 Å². The summed E-state index contributed by atoms with van der Waals surface area (Å²) < 4.78 is 16.9. The summed E-state index contributed by atoms with van der Waals surface area (Å²) in [6.45, 7) is 9.50. The highest BCUT2D eigenvalue weighted by atomic mass is 16.7. The Morgan fingerprint density at radius 2 is 1.94 bits per heavy atom. The zero-order valence-electron chi connectivity index (χ0n) is 11.2. The summed E-state index contributed by atoms with van der Waals surface area (Å²) in [6, 6.07) is 0.320. The molecule has 2 aliphatic heterocycles. The van der Waals surface area contributed by atoms with E-state index in [-0.39, 0.29) is 0 Å². The van der Waals surface area contributed by atoms with Gasteiger partial charge in [-0.3, -0.25) is 0 Å². The smallest absolute Gasteiger partial charge is 0.162 e. The molecule has 2 fully saturated rings. The number of hydrogen-bond acceptors (Lipinski definition) is 4. The Bertz CT molecular complexity index is 235. The van der Waals surface area contributed by atoms with Crippen LogP contribution in [0.3, 0.4) is 0 Å². The lowest BCUT2D eigenvalue weighted by Gasteiger charge is -2.35. The Kier molecular flexibility index (Phi) is 4.42. The number of ether oxygens (including phenoxy) is 3. The average Bonchev–Trinajstić information content (AvgIpc) is 2.75. The maximum absolute atomic E-state index is 5.69. The molecule has 4 heteroatoms. The SMILES string of the molecule is CCC1OCCC1CNC1COC(C)(C)OC1. The van der Waals surface area contributed by atoms with Crippen molar-refractivity contribution in [3.05, 3.63) is 0 Å². The number of rotatable bonds is 4. The Morgan fingerprint density at radius 1 is 1.24 bits per heavy atom. The van der Waals surface area contributed by atoms with Gasteiger partial charge in [-0.2, -0.15) is 0 Å². The zero-order valence-corrected chi connectivity index (χ0v) is 11.2. The number of nitrogens with one attached hydrogen (secondary N) is 1. The maximum atomic E-state index is 5.69. The van der Waals surface area contributed by atoms with Crippen molar-refractivity contribution in [3.63, 3.8) is 0 Å². The average molecular weight is 243 g/mol. The van der Waals surface area contributed by atoms with E-state index < -0.39 is 5.79 Å². The Hall–Kier alpha value is -0.160. The van der Waals surface area contributed by atoms with E-state index in [0.29, 0.717) is 18.1 Å². The van der Waals surface area contributed by atoms with Crippen molar-refractivity contribution < 1.29 is 14.2 Å². The maximum Gasteiger partial charge on any atom is 0.162 e. The van der Waals surface area contributed by atoms with Crippen molar-refractivity contribution in [2.45, 2.75) is 51.5 Å². The van der Waals surface area contributed by atoms with Gasteiger partial charge in [-0.15, -0.1) is 0 Å². The van der Waals surface area contributed by atoms with Crippen LogP contribution in [-0.2, 0) is 14.2 Å². The van der Waals surface area contributed by atoms with Crippen molar-refractivity contribution >= 4 is 0 Å². The highest BCUT2D eigenvalue weighted by Gasteiger charge is 2.30. The molecule has 0 amide bonds. The molecule has 0 aliphatic carbocycles. The summed E-state index contributed by atoms with van der Waals surface area (Å²) in [5, 5.41) is 3.54. The summed E-state index contributed by atoms with van der Waals surface area (Å²) in [5.74, 6) is 0.232. The highest BCUT2D eigenvalue weighted by molar-refractivity contribution is 4.80.